The number of carbonyl (C=O) groups is 1. The fraction of sp³-hybridized carbons (Fsp3) is 0.350. The average Bonchev–Trinajstić information content (AvgIpc) is 2.69. The van der Waals surface area contributed by atoms with Crippen molar-refractivity contribution in [2.45, 2.75) is 36.7 Å². The molecule has 0 aromatic heterocycles. The van der Waals surface area contributed by atoms with Crippen molar-refractivity contribution < 1.29 is 19.7 Å². The number of aliphatic hydroxyl groups is 2. The lowest BCUT2D eigenvalue weighted by Crippen LogP contribution is -2.73. The Labute approximate surface area is 156 Å². The Kier molecular flexibility index (Phi) is 5.30. The molecule has 2 aromatic rings. The van der Waals surface area contributed by atoms with Gasteiger partial charge in [0.2, 0.25) is 0 Å². The normalized spacial score (nSPS) is 30.3. The Morgan fingerprint density at radius 1 is 1.19 bits per heavy atom. The highest BCUT2D eigenvalue weighted by atomic mass is 16.5. The summed E-state index contributed by atoms with van der Waals surface area (Å²) in [5.41, 5.74) is 5.62. The standard InChI is InChI=1S/C20H21N3O4/c1-14-17(22-23-21)20(26,18(24)16-10-6-3-7-11-16)19(25,13-27-14)12-15-8-4-2-5-9-15/h2-11,14,17,25-26H,12-13H2,1H3/t14-,17-,19-,20-/m1/s1. The molecule has 140 valence electrons. The van der Waals surface area contributed by atoms with Gasteiger partial charge in [0.1, 0.15) is 11.6 Å². The summed E-state index contributed by atoms with van der Waals surface area (Å²) in [4.78, 5) is 16.1. The first-order valence-corrected chi connectivity index (χ1v) is 8.67. The van der Waals surface area contributed by atoms with Crippen molar-refractivity contribution in [1.29, 1.82) is 0 Å². The fourth-order valence-corrected chi connectivity index (χ4v) is 3.59. The zero-order valence-corrected chi connectivity index (χ0v) is 14.9. The summed E-state index contributed by atoms with van der Waals surface area (Å²) in [6.07, 6.45) is -0.776. The second-order valence-corrected chi connectivity index (χ2v) is 6.82. The van der Waals surface area contributed by atoms with Gasteiger partial charge in [0, 0.05) is 16.9 Å². The quantitative estimate of drug-likeness (QED) is 0.366. The maximum Gasteiger partial charge on any atom is 0.197 e. The van der Waals surface area contributed by atoms with Crippen LogP contribution in [0.25, 0.3) is 10.4 Å². The number of carbonyl (C=O) groups excluding carboxylic acids is 1. The number of rotatable bonds is 5. The molecule has 0 aliphatic carbocycles. The van der Waals surface area contributed by atoms with Crippen molar-refractivity contribution >= 4 is 5.78 Å². The summed E-state index contributed by atoms with van der Waals surface area (Å²) < 4.78 is 5.59. The van der Waals surface area contributed by atoms with Crippen LogP contribution in [0.3, 0.4) is 0 Å². The molecule has 0 saturated carbocycles. The highest BCUT2D eigenvalue weighted by molar-refractivity contribution is 6.04. The van der Waals surface area contributed by atoms with E-state index in [-0.39, 0.29) is 18.6 Å². The molecule has 7 heteroatoms. The van der Waals surface area contributed by atoms with Gasteiger partial charge in [-0.3, -0.25) is 4.79 Å². The summed E-state index contributed by atoms with van der Waals surface area (Å²) in [6.45, 7) is 1.33. The minimum absolute atomic E-state index is 0.0346. The molecule has 0 radical (unpaired) electrons. The minimum Gasteiger partial charge on any atom is -0.384 e. The molecule has 1 saturated heterocycles. The van der Waals surface area contributed by atoms with Gasteiger partial charge in [0.25, 0.3) is 0 Å². The zero-order valence-electron chi connectivity index (χ0n) is 14.9. The fourth-order valence-electron chi connectivity index (χ4n) is 3.59. The van der Waals surface area contributed by atoms with Crippen molar-refractivity contribution in [1.82, 2.24) is 0 Å². The van der Waals surface area contributed by atoms with Gasteiger partial charge in [-0.05, 0) is 18.0 Å². The molecule has 4 atom stereocenters. The number of hydrogen-bond acceptors (Lipinski definition) is 5. The summed E-state index contributed by atoms with van der Waals surface area (Å²) >= 11 is 0. The first-order valence-electron chi connectivity index (χ1n) is 8.67. The number of ether oxygens (including phenoxy) is 1. The number of ketones is 1. The van der Waals surface area contributed by atoms with E-state index in [0.717, 1.165) is 5.56 Å². The molecular weight excluding hydrogens is 346 g/mol. The Hall–Kier alpha value is -2.70. The summed E-state index contributed by atoms with van der Waals surface area (Å²) in [5.74, 6) is -0.700. The van der Waals surface area contributed by atoms with Crippen LogP contribution in [-0.2, 0) is 11.2 Å². The highest BCUT2D eigenvalue weighted by Crippen LogP contribution is 2.40. The van der Waals surface area contributed by atoms with Gasteiger partial charge in [-0.25, -0.2) is 0 Å². The maximum atomic E-state index is 13.3. The monoisotopic (exact) mass is 367 g/mol. The summed E-state index contributed by atoms with van der Waals surface area (Å²) in [7, 11) is 0. The van der Waals surface area contributed by atoms with E-state index in [9.17, 15) is 15.0 Å². The molecule has 1 heterocycles. The first kappa shape index (κ1) is 19.1. The molecule has 3 rings (SSSR count). The third-order valence-corrected chi connectivity index (χ3v) is 5.06. The Balaban J connectivity index is 2.12. The number of Topliss-reactive ketones (excluding diaryl/α,β-unsaturated/α-hetero) is 1. The third-order valence-electron chi connectivity index (χ3n) is 5.06. The molecule has 2 aromatic carbocycles. The number of benzene rings is 2. The van der Waals surface area contributed by atoms with Gasteiger partial charge in [0.15, 0.2) is 11.4 Å². The molecule has 1 fully saturated rings. The summed E-state index contributed by atoms with van der Waals surface area (Å²) in [6, 6.07) is 15.9. The van der Waals surface area contributed by atoms with Gasteiger partial charge >= 0.3 is 0 Å². The van der Waals surface area contributed by atoms with Gasteiger partial charge in [-0.1, -0.05) is 65.8 Å². The van der Waals surface area contributed by atoms with Crippen molar-refractivity contribution in [3.8, 4) is 0 Å². The zero-order chi connectivity index (χ0) is 19.5. The number of nitrogens with zero attached hydrogens (tertiary/aromatic N) is 3. The lowest BCUT2D eigenvalue weighted by Gasteiger charge is -2.51. The topological polar surface area (TPSA) is 116 Å². The van der Waals surface area contributed by atoms with Crippen LogP contribution in [0.2, 0.25) is 0 Å². The Morgan fingerprint density at radius 3 is 2.37 bits per heavy atom. The third kappa shape index (κ3) is 3.34. The highest BCUT2D eigenvalue weighted by Gasteiger charge is 2.63. The molecule has 0 spiro atoms. The van der Waals surface area contributed by atoms with E-state index in [4.69, 9.17) is 10.3 Å². The second-order valence-electron chi connectivity index (χ2n) is 6.82. The molecular formula is C20H21N3O4. The van der Waals surface area contributed by atoms with Crippen molar-refractivity contribution in [2.24, 2.45) is 5.11 Å². The van der Waals surface area contributed by atoms with E-state index in [1.807, 2.05) is 6.07 Å². The lowest BCUT2D eigenvalue weighted by atomic mass is 9.67. The van der Waals surface area contributed by atoms with Gasteiger partial charge in [-0.2, -0.15) is 0 Å². The van der Waals surface area contributed by atoms with Crippen molar-refractivity contribution in [3.63, 3.8) is 0 Å². The number of hydrogen-bond donors (Lipinski definition) is 2. The van der Waals surface area contributed by atoms with Crippen molar-refractivity contribution in [2.75, 3.05) is 6.61 Å². The van der Waals surface area contributed by atoms with Gasteiger partial charge in [-0.15, -0.1) is 0 Å². The predicted octanol–water partition coefficient (Wildman–Crippen LogP) is 2.67. The van der Waals surface area contributed by atoms with Crippen LogP contribution in [0.1, 0.15) is 22.8 Å². The lowest BCUT2D eigenvalue weighted by molar-refractivity contribution is -0.221. The van der Waals surface area contributed by atoms with E-state index in [2.05, 4.69) is 10.0 Å². The van der Waals surface area contributed by atoms with Crippen LogP contribution in [0.15, 0.2) is 65.8 Å². The maximum absolute atomic E-state index is 13.3. The van der Waals surface area contributed by atoms with E-state index in [1.54, 1.807) is 61.5 Å². The molecule has 0 amide bonds. The Bertz CT molecular complexity index is 854. The van der Waals surface area contributed by atoms with Gasteiger partial charge < -0.3 is 14.9 Å². The van der Waals surface area contributed by atoms with E-state index < -0.39 is 29.1 Å². The second kappa shape index (κ2) is 7.50. The van der Waals surface area contributed by atoms with E-state index in [1.165, 1.54) is 0 Å². The molecule has 2 N–H and O–H groups in total. The van der Waals surface area contributed by atoms with Crippen molar-refractivity contribution in [3.05, 3.63) is 82.2 Å². The number of azide groups is 1. The van der Waals surface area contributed by atoms with Gasteiger partial charge in [0.05, 0.1) is 12.7 Å². The van der Waals surface area contributed by atoms with Crippen LogP contribution in [-0.4, -0.2) is 46.0 Å². The summed E-state index contributed by atoms with van der Waals surface area (Å²) in [5, 5.41) is 26.6. The molecule has 0 bridgehead atoms. The molecule has 0 unspecified atom stereocenters. The molecule has 7 nitrogen and oxygen atoms in total. The predicted molar refractivity (Wildman–Crippen MR) is 99.2 cm³/mol. The van der Waals surface area contributed by atoms with E-state index >= 15 is 0 Å². The van der Waals surface area contributed by atoms with Crippen LogP contribution in [0.4, 0.5) is 0 Å². The Morgan fingerprint density at radius 2 is 1.78 bits per heavy atom. The van der Waals surface area contributed by atoms with Crippen LogP contribution in [0, 0.1) is 0 Å². The molecule has 27 heavy (non-hydrogen) atoms. The first-order chi connectivity index (χ1) is 12.9. The van der Waals surface area contributed by atoms with Crippen LogP contribution in [0.5, 0.6) is 0 Å². The van der Waals surface area contributed by atoms with Crippen LogP contribution < -0.4 is 0 Å². The van der Waals surface area contributed by atoms with Crippen LogP contribution >= 0.6 is 0 Å². The smallest absolute Gasteiger partial charge is 0.197 e. The average molecular weight is 367 g/mol. The SMILES string of the molecule is C[C@H]1OC[C@](O)(Cc2ccccc2)[C@](O)(C(=O)c2ccccc2)[C@@H]1N=[N+]=[N-]. The van der Waals surface area contributed by atoms with E-state index in [0.29, 0.717) is 0 Å². The minimum atomic E-state index is -2.34. The molecule has 1 aliphatic heterocycles. The largest absolute Gasteiger partial charge is 0.384 e. The molecule has 1 aliphatic rings.